The number of hydrogen-bond acceptors (Lipinski definition) is 2. The van der Waals surface area contributed by atoms with Gasteiger partial charge in [-0.2, -0.15) is 0 Å². The van der Waals surface area contributed by atoms with Gasteiger partial charge in [-0.1, -0.05) is 37.1 Å². The van der Waals surface area contributed by atoms with Crippen molar-refractivity contribution in [3.63, 3.8) is 0 Å². The molecular weight excluding hydrogens is 220 g/mol. The Bertz CT molecular complexity index is 510. The van der Waals surface area contributed by atoms with Crippen molar-refractivity contribution in [2.45, 2.75) is 32.2 Å². The Hall–Kier alpha value is -1.41. The van der Waals surface area contributed by atoms with E-state index >= 15 is 0 Å². The van der Waals surface area contributed by atoms with Gasteiger partial charge in [-0.05, 0) is 36.3 Å². The molecule has 94 valence electrons. The summed E-state index contributed by atoms with van der Waals surface area (Å²) in [4.78, 5) is 4.32. The summed E-state index contributed by atoms with van der Waals surface area (Å²) in [7, 11) is 0. The third-order valence-corrected chi connectivity index (χ3v) is 3.97. The van der Waals surface area contributed by atoms with Crippen LogP contribution >= 0.6 is 0 Å². The van der Waals surface area contributed by atoms with Crippen LogP contribution in [0.15, 0.2) is 36.7 Å². The van der Waals surface area contributed by atoms with Crippen LogP contribution in [0.5, 0.6) is 0 Å². The Kier molecular flexibility index (Phi) is 3.56. The lowest BCUT2D eigenvalue weighted by Crippen LogP contribution is -2.20. The van der Waals surface area contributed by atoms with Crippen molar-refractivity contribution >= 4 is 10.8 Å². The van der Waals surface area contributed by atoms with Crippen LogP contribution in [-0.2, 0) is 6.54 Å². The van der Waals surface area contributed by atoms with E-state index in [1.165, 1.54) is 42.0 Å². The zero-order valence-electron chi connectivity index (χ0n) is 10.7. The Morgan fingerprint density at radius 2 is 1.94 bits per heavy atom. The molecule has 1 aromatic carbocycles. The predicted molar refractivity (Wildman–Crippen MR) is 75.4 cm³/mol. The molecule has 0 amide bonds. The molecule has 0 aliphatic heterocycles. The van der Waals surface area contributed by atoms with Crippen molar-refractivity contribution in [3.8, 4) is 0 Å². The Labute approximate surface area is 108 Å². The highest BCUT2D eigenvalue weighted by atomic mass is 14.9. The minimum Gasteiger partial charge on any atom is -0.312 e. The van der Waals surface area contributed by atoms with E-state index in [4.69, 9.17) is 0 Å². The van der Waals surface area contributed by atoms with Gasteiger partial charge < -0.3 is 5.32 Å². The predicted octanol–water partition coefficient (Wildman–Crippen LogP) is 3.51. The van der Waals surface area contributed by atoms with Crippen molar-refractivity contribution in [2.24, 2.45) is 5.92 Å². The fraction of sp³-hybridized carbons (Fsp3) is 0.438. The maximum Gasteiger partial charge on any atom is 0.0346 e. The van der Waals surface area contributed by atoms with Crippen LogP contribution in [0.2, 0.25) is 0 Å². The molecule has 0 radical (unpaired) electrons. The molecule has 2 nitrogen and oxygen atoms in total. The standard InChI is InChI=1S/C16H20N2/c1-2-6-13(5-1)9-17-11-15-12-18-10-14-7-3-4-8-16(14)15/h3-4,7-8,10,12-13,17H,1-2,5-6,9,11H2. The van der Waals surface area contributed by atoms with Crippen molar-refractivity contribution in [3.05, 3.63) is 42.2 Å². The van der Waals surface area contributed by atoms with Crippen molar-refractivity contribution < 1.29 is 0 Å². The highest BCUT2D eigenvalue weighted by Gasteiger charge is 2.14. The highest BCUT2D eigenvalue weighted by molar-refractivity contribution is 5.84. The Morgan fingerprint density at radius 1 is 1.11 bits per heavy atom. The number of rotatable bonds is 4. The number of fused-ring (bicyclic) bond motifs is 1. The second-order valence-corrected chi connectivity index (χ2v) is 5.30. The minimum absolute atomic E-state index is 0.896. The van der Waals surface area contributed by atoms with Gasteiger partial charge in [0.2, 0.25) is 0 Å². The first-order valence-electron chi connectivity index (χ1n) is 6.96. The highest BCUT2D eigenvalue weighted by Crippen LogP contribution is 2.24. The molecule has 0 atom stereocenters. The van der Waals surface area contributed by atoms with Crippen molar-refractivity contribution in [1.82, 2.24) is 10.3 Å². The van der Waals surface area contributed by atoms with Crippen LogP contribution < -0.4 is 5.32 Å². The second-order valence-electron chi connectivity index (χ2n) is 5.30. The Morgan fingerprint density at radius 3 is 2.83 bits per heavy atom. The summed E-state index contributed by atoms with van der Waals surface area (Å²) in [6.07, 6.45) is 9.58. The SMILES string of the molecule is c1ccc2c(CNCC3CCCC3)cncc2c1. The molecule has 2 aromatic rings. The number of pyridine rings is 1. The maximum atomic E-state index is 4.32. The summed E-state index contributed by atoms with van der Waals surface area (Å²) in [6, 6.07) is 8.48. The van der Waals surface area contributed by atoms with E-state index in [9.17, 15) is 0 Å². The Balaban J connectivity index is 1.66. The van der Waals surface area contributed by atoms with Crippen LogP contribution in [0.4, 0.5) is 0 Å². The second kappa shape index (κ2) is 5.49. The maximum absolute atomic E-state index is 4.32. The molecule has 1 heterocycles. The summed E-state index contributed by atoms with van der Waals surface area (Å²) >= 11 is 0. The summed E-state index contributed by atoms with van der Waals surface area (Å²) in [5, 5.41) is 6.16. The molecule has 1 aliphatic carbocycles. The summed E-state index contributed by atoms with van der Waals surface area (Å²) in [5.41, 5.74) is 1.31. The van der Waals surface area contributed by atoms with Gasteiger partial charge in [-0.15, -0.1) is 0 Å². The van der Waals surface area contributed by atoms with E-state index in [-0.39, 0.29) is 0 Å². The van der Waals surface area contributed by atoms with Gasteiger partial charge in [-0.25, -0.2) is 0 Å². The molecule has 18 heavy (non-hydrogen) atoms. The molecule has 0 bridgehead atoms. The average Bonchev–Trinajstić information content (AvgIpc) is 2.92. The monoisotopic (exact) mass is 240 g/mol. The molecule has 3 rings (SSSR count). The van der Waals surface area contributed by atoms with Crippen molar-refractivity contribution in [2.75, 3.05) is 6.54 Å². The lowest BCUT2D eigenvalue weighted by atomic mass is 10.1. The number of aromatic nitrogens is 1. The smallest absolute Gasteiger partial charge is 0.0346 e. The molecule has 0 spiro atoms. The topological polar surface area (TPSA) is 24.9 Å². The van der Waals surface area contributed by atoms with E-state index in [1.54, 1.807) is 0 Å². The third-order valence-electron chi connectivity index (χ3n) is 3.97. The van der Waals surface area contributed by atoms with Gasteiger partial charge in [0.1, 0.15) is 0 Å². The molecule has 1 aliphatic rings. The first-order chi connectivity index (χ1) is 8.93. The molecule has 1 aromatic heterocycles. The lowest BCUT2D eigenvalue weighted by Gasteiger charge is -2.11. The largest absolute Gasteiger partial charge is 0.312 e. The van der Waals surface area contributed by atoms with E-state index in [0.29, 0.717) is 0 Å². The van der Waals surface area contributed by atoms with Gasteiger partial charge >= 0.3 is 0 Å². The fourth-order valence-corrected chi connectivity index (χ4v) is 2.95. The van der Waals surface area contributed by atoms with Gasteiger partial charge in [0.15, 0.2) is 0 Å². The van der Waals surface area contributed by atoms with Crippen LogP contribution in [-0.4, -0.2) is 11.5 Å². The zero-order valence-corrected chi connectivity index (χ0v) is 10.7. The van der Waals surface area contributed by atoms with Gasteiger partial charge in [0.25, 0.3) is 0 Å². The van der Waals surface area contributed by atoms with E-state index in [0.717, 1.165) is 19.0 Å². The van der Waals surface area contributed by atoms with Crippen LogP contribution in [0.3, 0.4) is 0 Å². The molecule has 0 saturated heterocycles. The fourth-order valence-electron chi connectivity index (χ4n) is 2.95. The molecule has 1 saturated carbocycles. The summed E-state index contributed by atoms with van der Waals surface area (Å²) < 4.78 is 0. The molecular formula is C16H20N2. The van der Waals surface area contributed by atoms with Gasteiger partial charge in [0.05, 0.1) is 0 Å². The average molecular weight is 240 g/mol. The van der Waals surface area contributed by atoms with Crippen LogP contribution in [0, 0.1) is 5.92 Å². The van der Waals surface area contributed by atoms with Crippen molar-refractivity contribution in [1.29, 1.82) is 0 Å². The van der Waals surface area contributed by atoms with E-state index in [2.05, 4.69) is 34.6 Å². The zero-order chi connectivity index (χ0) is 12.2. The minimum atomic E-state index is 0.896. The van der Waals surface area contributed by atoms with Crippen LogP contribution in [0.1, 0.15) is 31.2 Å². The van der Waals surface area contributed by atoms with E-state index in [1.807, 2.05) is 12.4 Å². The number of hydrogen-bond donors (Lipinski definition) is 1. The first-order valence-corrected chi connectivity index (χ1v) is 6.96. The molecule has 1 N–H and O–H groups in total. The normalized spacial score (nSPS) is 16.4. The summed E-state index contributed by atoms with van der Waals surface area (Å²) in [6.45, 7) is 2.09. The van der Waals surface area contributed by atoms with Crippen LogP contribution in [0.25, 0.3) is 10.8 Å². The number of nitrogens with one attached hydrogen (secondary N) is 1. The number of benzene rings is 1. The quantitative estimate of drug-likeness (QED) is 0.884. The number of nitrogens with zero attached hydrogens (tertiary/aromatic N) is 1. The van der Waals surface area contributed by atoms with Gasteiger partial charge in [-0.3, -0.25) is 4.98 Å². The molecule has 2 heteroatoms. The molecule has 1 fully saturated rings. The molecule has 0 unspecified atom stereocenters. The summed E-state index contributed by atoms with van der Waals surface area (Å²) in [5.74, 6) is 0.896. The van der Waals surface area contributed by atoms with E-state index < -0.39 is 0 Å². The lowest BCUT2D eigenvalue weighted by molar-refractivity contribution is 0.490. The first kappa shape index (κ1) is 11.7. The third kappa shape index (κ3) is 2.54. The van der Waals surface area contributed by atoms with Gasteiger partial charge in [0, 0.05) is 24.3 Å².